The summed E-state index contributed by atoms with van der Waals surface area (Å²) in [5.41, 5.74) is 0.936. The van der Waals surface area contributed by atoms with Crippen LogP contribution < -0.4 is 5.32 Å². The maximum Gasteiger partial charge on any atom is 0.246 e. The zero-order chi connectivity index (χ0) is 17.1. The molecule has 0 saturated heterocycles. The highest BCUT2D eigenvalue weighted by atomic mass is 16.2. The molecule has 0 spiro atoms. The molecular weight excluding hydrogens is 304 g/mol. The van der Waals surface area contributed by atoms with Gasteiger partial charge in [0, 0.05) is 18.7 Å². The first-order valence-corrected chi connectivity index (χ1v) is 9.15. The molecule has 1 aromatic rings. The second-order valence-electron chi connectivity index (χ2n) is 7.48. The molecule has 3 rings (SSSR count). The first-order chi connectivity index (χ1) is 11.5. The van der Waals surface area contributed by atoms with Crippen molar-refractivity contribution in [2.45, 2.75) is 71.0 Å². The molecule has 1 N–H and O–H groups in total. The smallest absolute Gasteiger partial charge is 0.246 e. The van der Waals surface area contributed by atoms with E-state index in [0.717, 1.165) is 25.0 Å². The zero-order valence-corrected chi connectivity index (χ0v) is 14.7. The minimum Gasteiger partial charge on any atom is -0.351 e. The highest BCUT2D eigenvalue weighted by Gasteiger charge is 2.34. The molecule has 1 saturated carbocycles. The van der Waals surface area contributed by atoms with Crippen molar-refractivity contribution in [1.29, 1.82) is 0 Å². The Labute approximate surface area is 143 Å². The summed E-state index contributed by atoms with van der Waals surface area (Å²) in [5, 5.41) is 7.47. The fourth-order valence-electron chi connectivity index (χ4n) is 3.62. The number of carbonyl (C=O) groups excluding carboxylic acids is 2. The van der Waals surface area contributed by atoms with E-state index in [9.17, 15) is 9.59 Å². The van der Waals surface area contributed by atoms with Crippen molar-refractivity contribution in [3.8, 4) is 0 Å². The van der Waals surface area contributed by atoms with Gasteiger partial charge < -0.3 is 10.2 Å². The van der Waals surface area contributed by atoms with Crippen LogP contribution in [0.25, 0.3) is 0 Å². The Morgan fingerprint density at radius 1 is 1.33 bits per heavy atom. The number of fused-ring (bicyclic) bond motifs is 1. The second kappa shape index (κ2) is 7.36. The van der Waals surface area contributed by atoms with E-state index in [-0.39, 0.29) is 17.9 Å². The average Bonchev–Trinajstić information content (AvgIpc) is 3.22. The van der Waals surface area contributed by atoms with Gasteiger partial charge in [-0.3, -0.25) is 14.3 Å². The number of amides is 2. The van der Waals surface area contributed by atoms with Crippen LogP contribution in [0.5, 0.6) is 0 Å². The largest absolute Gasteiger partial charge is 0.351 e. The summed E-state index contributed by atoms with van der Waals surface area (Å²) >= 11 is 0. The maximum atomic E-state index is 12.7. The summed E-state index contributed by atoms with van der Waals surface area (Å²) in [5.74, 6) is 0.633. The van der Waals surface area contributed by atoms with Gasteiger partial charge in [-0.25, -0.2) is 0 Å². The van der Waals surface area contributed by atoms with Gasteiger partial charge in [-0.1, -0.05) is 26.7 Å². The molecule has 0 unspecified atom stereocenters. The van der Waals surface area contributed by atoms with Crippen LogP contribution in [0.3, 0.4) is 0 Å². The van der Waals surface area contributed by atoms with Crippen molar-refractivity contribution in [3.05, 3.63) is 18.0 Å². The molecule has 1 aromatic heterocycles. The van der Waals surface area contributed by atoms with Crippen LogP contribution in [0, 0.1) is 5.92 Å². The SMILES string of the molecule is CC(C)CCC(=O)N1Cc2ccnn2[C@@H](C(=O)NC2CCCC2)C1. The Kier molecular flexibility index (Phi) is 5.21. The average molecular weight is 332 g/mol. The van der Waals surface area contributed by atoms with E-state index in [1.54, 1.807) is 10.9 Å². The number of nitrogens with one attached hydrogen (secondary N) is 1. The van der Waals surface area contributed by atoms with Crippen molar-refractivity contribution in [3.63, 3.8) is 0 Å². The molecule has 6 nitrogen and oxygen atoms in total. The van der Waals surface area contributed by atoms with Crippen molar-refractivity contribution >= 4 is 11.8 Å². The fraction of sp³-hybridized carbons (Fsp3) is 0.722. The summed E-state index contributed by atoms with van der Waals surface area (Å²) < 4.78 is 1.79. The molecule has 2 aliphatic rings. The lowest BCUT2D eigenvalue weighted by atomic mass is 10.1. The van der Waals surface area contributed by atoms with E-state index in [0.29, 0.717) is 25.4 Å². The summed E-state index contributed by atoms with van der Waals surface area (Å²) in [4.78, 5) is 27.1. The third kappa shape index (κ3) is 3.79. The van der Waals surface area contributed by atoms with Gasteiger partial charge in [-0.2, -0.15) is 5.10 Å². The van der Waals surface area contributed by atoms with E-state index in [1.807, 2.05) is 11.0 Å². The van der Waals surface area contributed by atoms with Crippen LogP contribution in [0.15, 0.2) is 12.3 Å². The Morgan fingerprint density at radius 2 is 2.08 bits per heavy atom. The van der Waals surface area contributed by atoms with Crippen LogP contribution in [-0.4, -0.2) is 39.1 Å². The van der Waals surface area contributed by atoms with Gasteiger partial charge in [-0.05, 0) is 31.2 Å². The highest BCUT2D eigenvalue weighted by Crippen LogP contribution is 2.24. The Hall–Kier alpha value is -1.85. The van der Waals surface area contributed by atoms with Crippen molar-refractivity contribution in [1.82, 2.24) is 20.0 Å². The quantitative estimate of drug-likeness (QED) is 0.899. The number of carbonyl (C=O) groups is 2. The molecular formula is C18H28N4O2. The third-order valence-electron chi connectivity index (χ3n) is 5.09. The van der Waals surface area contributed by atoms with Crippen molar-refractivity contribution in [2.75, 3.05) is 6.54 Å². The lowest BCUT2D eigenvalue weighted by Gasteiger charge is -2.34. The Morgan fingerprint density at radius 3 is 2.79 bits per heavy atom. The molecule has 1 aliphatic carbocycles. The van der Waals surface area contributed by atoms with Crippen molar-refractivity contribution in [2.24, 2.45) is 5.92 Å². The number of hydrogen-bond donors (Lipinski definition) is 1. The number of aromatic nitrogens is 2. The summed E-state index contributed by atoms with van der Waals surface area (Å²) in [6, 6.07) is 1.77. The lowest BCUT2D eigenvalue weighted by molar-refractivity contribution is -0.136. The monoisotopic (exact) mass is 332 g/mol. The van der Waals surface area contributed by atoms with Gasteiger partial charge in [0.25, 0.3) is 0 Å². The molecule has 0 bridgehead atoms. The lowest BCUT2D eigenvalue weighted by Crippen LogP contribution is -2.48. The van der Waals surface area contributed by atoms with Gasteiger partial charge in [0.05, 0.1) is 18.8 Å². The number of nitrogens with zero attached hydrogens (tertiary/aromatic N) is 3. The fourth-order valence-corrected chi connectivity index (χ4v) is 3.62. The van der Waals surface area contributed by atoms with E-state index < -0.39 is 6.04 Å². The summed E-state index contributed by atoms with van der Waals surface area (Å²) in [7, 11) is 0. The summed E-state index contributed by atoms with van der Waals surface area (Å²) in [6.45, 7) is 5.21. The first kappa shape index (κ1) is 17.0. The van der Waals surface area contributed by atoms with Crippen molar-refractivity contribution < 1.29 is 9.59 Å². The predicted molar refractivity (Wildman–Crippen MR) is 91.2 cm³/mol. The van der Waals surface area contributed by atoms with Crippen LogP contribution >= 0.6 is 0 Å². The first-order valence-electron chi connectivity index (χ1n) is 9.15. The minimum atomic E-state index is -0.410. The second-order valence-corrected chi connectivity index (χ2v) is 7.48. The highest BCUT2D eigenvalue weighted by molar-refractivity contribution is 5.83. The van der Waals surface area contributed by atoms with E-state index in [1.165, 1.54) is 12.8 Å². The molecule has 1 aliphatic heterocycles. The molecule has 132 valence electrons. The Bertz CT molecular complexity index is 590. The molecule has 6 heteroatoms. The molecule has 1 atom stereocenters. The van der Waals surface area contributed by atoms with Gasteiger partial charge in [0.1, 0.15) is 6.04 Å². The van der Waals surface area contributed by atoms with Gasteiger partial charge >= 0.3 is 0 Å². The third-order valence-corrected chi connectivity index (χ3v) is 5.09. The van der Waals surface area contributed by atoms with E-state index in [2.05, 4.69) is 24.3 Å². The summed E-state index contributed by atoms with van der Waals surface area (Å²) in [6.07, 6.45) is 7.62. The minimum absolute atomic E-state index is 0.00629. The van der Waals surface area contributed by atoms with E-state index >= 15 is 0 Å². The normalized spacial score (nSPS) is 21.1. The van der Waals surface area contributed by atoms with Crippen LogP contribution in [-0.2, 0) is 16.1 Å². The van der Waals surface area contributed by atoms with Crippen LogP contribution in [0.1, 0.15) is 64.1 Å². The molecule has 2 amide bonds. The topological polar surface area (TPSA) is 67.2 Å². The van der Waals surface area contributed by atoms with Crippen LogP contribution in [0.4, 0.5) is 0 Å². The number of hydrogen-bond acceptors (Lipinski definition) is 3. The van der Waals surface area contributed by atoms with Gasteiger partial charge in [0.15, 0.2) is 0 Å². The molecule has 24 heavy (non-hydrogen) atoms. The van der Waals surface area contributed by atoms with Gasteiger partial charge in [0.2, 0.25) is 11.8 Å². The molecule has 2 heterocycles. The van der Waals surface area contributed by atoms with Gasteiger partial charge in [-0.15, -0.1) is 0 Å². The standard InChI is InChI=1S/C18H28N4O2/c1-13(2)7-8-17(23)21-11-15-9-10-19-22(15)16(12-21)18(24)20-14-5-3-4-6-14/h9-10,13-14,16H,3-8,11-12H2,1-2H3,(H,20,24)/t16-/m1/s1. The zero-order valence-electron chi connectivity index (χ0n) is 14.7. The number of rotatable bonds is 5. The Balaban J connectivity index is 1.69. The van der Waals surface area contributed by atoms with E-state index in [4.69, 9.17) is 0 Å². The molecule has 0 aromatic carbocycles. The molecule has 0 radical (unpaired) electrons. The van der Waals surface area contributed by atoms with Crippen LogP contribution in [0.2, 0.25) is 0 Å². The predicted octanol–water partition coefficient (Wildman–Crippen LogP) is 2.26. The molecule has 1 fully saturated rings. The maximum absolute atomic E-state index is 12.7.